The van der Waals surface area contributed by atoms with E-state index in [4.69, 9.17) is 0 Å². The van der Waals surface area contributed by atoms with Crippen LogP contribution in [-0.2, 0) is 0 Å². The number of benzene rings is 1. The number of ether oxygens (including phenoxy) is 1. The van der Waals surface area contributed by atoms with Gasteiger partial charge >= 0.3 is 6.18 Å². The fraction of sp³-hybridized carbons (Fsp3) is 0.300. The Kier molecular flexibility index (Phi) is 5.74. The van der Waals surface area contributed by atoms with E-state index in [1.807, 2.05) is 35.2 Å². The van der Waals surface area contributed by atoms with Crippen LogP contribution < -0.4 is 9.64 Å². The maximum atomic E-state index is 12.8. The van der Waals surface area contributed by atoms with E-state index in [-0.39, 0.29) is 11.8 Å². The lowest BCUT2D eigenvalue weighted by atomic mass is 10.2. The number of halogens is 3. The van der Waals surface area contributed by atoms with Crippen LogP contribution in [0, 0.1) is 0 Å². The fourth-order valence-corrected chi connectivity index (χ4v) is 3.21. The lowest BCUT2D eigenvalue weighted by Crippen LogP contribution is -2.49. The highest BCUT2D eigenvalue weighted by Crippen LogP contribution is 2.21. The predicted octanol–water partition coefficient (Wildman–Crippen LogP) is 2.57. The zero-order valence-corrected chi connectivity index (χ0v) is 16.4. The van der Waals surface area contributed by atoms with Crippen LogP contribution in [0.15, 0.2) is 55.1 Å². The molecule has 0 spiro atoms. The molecule has 8 nitrogen and oxygen atoms in total. The van der Waals surface area contributed by atoms with Crippen LogP contribution in [0.3, 0.4) is 0 Å². The number of hydrogen-bond acceptors (Lipinski definition) is 6. The molecule has 0 atom stereocenters. The van der Waals surface area contributed by atoms with E-state index in [9.17, 15) is 18.0 Å². The lowest BCUT2D eigenvalue weighted by molar-refractivity contribution is -0.154. The molecule has 1 aromatic carbocycles. The molecule has 3 aromatic rings. The minimum absolute atomic E-state index is 0.126. The van der Waals surface area contributed by atoms with Crippen LogP contribution in [0.4, 0.5) is 19.0 Å². The summed E-state index contributed by atoms with van der Waals surface area (Å²) in [5, 5.41) is 4.26. The number of para-hydroxylation sites is 1. The Morgan fingerprint density at radius 1 is 1.06 bits per heavy atom. The maximum absolute atomic E-state index is 12.8. The summed E-state index contributed by atoms with van der Waals surface area (Å²) in [4.78, 5) is 24.2. The van der Waals surface area contributed by atoms with E-state index in [2.05, 4.69) is 19.8 Å². The molecule has 1 aliphatic heterocycles. The molecule has 0 unspecified atom stereocenters. The standard InChI is InChI=1S/C20H19F3N6O2/c21-20(22,23)13-31-18-10-17(24-14-25-18)27-6-8-28(9-7-27)19(30)15-11-26-29(12-15)16-4-2-1-3-5-16/h1-5,10-12,14H,6-9,13H2. The third-order valence-electron chi connectivity index (χ3n) is 4.75. The monoisotopic (exact) mass is 432 g/mol. The first kappa shape index (κ1) is 20.6. The molecule has 0 aliphatic carbocycles. The Bertz CT molecular complexity index is 1030. The summed E-state index contributed by atoms with van der Waals surface area (Å²) in [6.45, 7) is 0.432. The molecule has 0 bridgehead atoms. The first-order valence-corrected chi connectivity index (χ1v) is 9.55. The number of alkyl halides is 3. The minimum atomic E-state index is -4.44. The number of anilines is 1. The van der Waals surface area contributed by atoms with Crippen molar-refractivity contribution in [1.82, 2.24) is 24.6 Å². The Morgan fingerprint density at radius 3 is 2.52 bits per heavy atom. The summed E-state index contributed by atoms with van der Waals surface area (Å²) in [5.74, 6) is 0.184. The van der Waals surface area contributed by atoms with Gasteiger partial charge in [-0.15, -0.1) is 0 Å². The van der Waals surface area contributed by atoms with Crippen LogP contribution in [-0.4, -0.2) is 69.5 Å². The summed E-state index contributed by atoms with van der Waals surface area (Å²) in [6.07, 6.45) is -0.0446. The Morgan fingerprint density at radius 2 is 1.81 bits per heavy atom. The van der Waals surface area contributed by atoms with Crippen LogP contribution >= 0.6 is 0 Å². The highest BCUT2D eigenvalue weighted by molar-refractivity contribution is 5.94. The zero-order chi connectivity index (χ0) is 21.8. The maximum Gasteiger partial charge on any atom is 0.422 e. The van der Waals surface area contributed by atoms with Crippen LogP contribution in [0.25, 0.3) is 5.69 Å². The second-order valence-electron chi connectivity index (χ2n) is 6.91. The molecular formula is C20H19F3N6O2. The van der Waals surface area contributed by atoms with Gasteiger partial charge in [0.2, 0.25) is 5.88 Å². The fourth-order valence-electron chi connectivity index (χ4n) is 3.21. The third-order valence-corrected chi connectivity index (χ3v) is 4.75. The molecule has 31 heavy (non-hydrogen) atoms. The van der Waals surface area contributed by atoms with Crippen molar-refractivity contribution in [3.05, 3.63) is 60.7 Å². The molecule has 1 aliphatic rings. The summed E-state index contributed by atoms with van der Waals surface area (Å²) in [7, 11) is 0. The van der Waals surface area contributed by atoms with E-state index >= 15 is 0 Å². The summed E-state index contributed by atoms with van der Waals surface area (Å²) >= 11 is 0. The summed E-state index contributed by atoms with van der Waals surface area (Å²) < 4.78 is 43.3. The average molecular weight is 432 g/mol. The smallest absolute Gasteiger partial charge is 0.422 e. The van der Waals surface area contributed by atoms with Gasteiger partial charge in [0.15, 0.2) is 6.61 Å². The van der Waals surface area contributed by atoms with E-state index in [0.29, 0.717) is 37.6 Å². The molecular weight excluding hydrogens is 413 g/mol. The van der Waals surface area contributed by atoms with Crippen LogP contribution in [0.2, 0.25) is 0 Å². The molecule has 1 saturated heterocycles. The van der Waals surface area contributed by atoms with Gasteiger partial charge in [0, 0.05) is 38.4 Å². The van der Waals surface area contributed by atoms with Crippen molar-refractivity contribution in [2.24, 2.45) is 0 Å². The molecule has 1 fully saturated rings. The molecule has 0 N–H and O–H groups in total. The Labute approximate surface area is 175 Å². The highest BCUT2D eigenvalue weighted by Gasteiger charge is 2.29. The van der Waals surface area contributed by atoms with E-state index in [1.165, 1.54) is 12.3 Å². The molecule has 162 valence electrons. The van der Waals surface area contributed by atoms with E-state index in [0.717, 1.165) is 12.0 Å². The molecule has 3 heterocycles. The number of hydrogen-bond donors (Lipinski definition) is 0. The van der Waals surface area contributed by atoms with Crippen molar-refractivity contribution < 1.29 is 22.7 Å². The second-order valence-corrected chi connectivity index (χ2v) is 6.91. The van der Waals surface area contributed by atoms with Gasteiger partial charge in [0.25, 0.3) is 5.91 Å². The third kappa shape index (κ3) is 5.11. The second kappa shape index (κ2) is 8.62. The Hall–Kier alpha value is -3.63. The SMILES string of the molecule is O=C(c1cnn(-c2ccccc2)c1)N1CCN(c2cc(OCC(F)(F)F)ncn2)CC1. The minimum Gasteiger partial charge on any atom is -0.468 e. The van der Waals surface area contributed by atoms with Gasteiger partial charge in [-0.3, -0.25) is 4.79 Å². The number of nitrogens with zero attached hydrogens (tertiary/aromatic N) is 6. The molecule has 1 amide bonds. The van der Waals surface area contributed by atoms with Gasteiger partial charge in [0.1, 0.15) is 12.1 Å². The average Bonchev–Trinajstić information content (AvgIpc) is 3.28. The number of carbonyl (C=O) groups is 1. The van der Waals surface area contributed by atoms with Crippen LogP contribution in [0.1, 0.15) is 10.4 Å². The normalized spacial score (nSPS) is 14.5. The Balaban J connectivity index is 1.36. The van der Waals surface area contributed by atoms with Gasteiger partial charge < -0.3 is 14.5 Å². The first-order chi connectivity index (χ1) is 14.9. The predicted molar refractivity (Wildman–Crippen MR) is 105 cm³/mol. The number of carbonyl (C=O) groups excluding carboxylic acids is 1. The van der Waals surface area contributed by atoms with E-state index in [1.54, 1.807) is 15.8 Å². The number of aromatic nitrogens is 4. The largest absolute Gasteiger partial charge is 0.468 e. The van der Waals surface area contributed by atoms with Gasteiger partial charge in [-0.2, -0.15) is 18.3 Å². The molecule has 0 saturated carbocycles. The summed E-state index contributed by atoms with van der Waals surface area (Å²) in [5.41, 5.74) is 1.35. The molecule has 4 rings (SSSR count). The van der Waals surface area contributed by atoms with Crippen molar-refractivity contribution in [1.29, 1.82) is 0 Å². The van der Waals surface area contributed by atoms with Crippen molar-refractivity contribution in [2.45, 2.75) is 6.18 Å². The van der Waals surface area contributed by atoms with Crippen molar-refractivity contribution >= 4 is 11.7 Å². The molecule has 2 aromatic heterocycles. The van der Waals surface area contributed by atoms with E-state index < -0.39 is 12.8 Å². The van der Waals surface area contributed by atoms with Gasteiger partial charge in [-0.05, 0) is 12.1 Å². The number of rotatable bonds is 5. The summed E-state index contributed by atoms with van der Waals surface area (Å²) in [6, 6.07) is 10.9. The topological polar surface area (TPSA) is 76.4 Å². The molecule has 0 radical (unpaired) electrons. The van der Waals surface area contributed by atoms with Crippen molar-refractivity contribution in [2.75, 3.05) is 37.7 Å². The highest BCUT2D eigenvalue weighted by atomic mass is 19.4. The lowest BCUT2D eigenvalue weighted by Gasteiger charge is -2.35. The quantitative estimate of drug-likeness (QED) is 0.617. The van der Waals surface area contributed by atoms with Crippen molar-refractivity contribution in [3.63, 3.8) is 0 Å². The number of amides is 1. The zero-order valence-electron chi connectivity index (χ0n) is 16.4. The van der Waals surface area contributed by atoms with Crippen molar-refractivity contribution in [3.8, 4) is 11.6 Å². The van der Waals surface area contributed by atoms with Gasteiger partial charge in [-0.25, -0.2) is 14.6 Å². The molecule has 11 heteroatoms. The van der Waals surface area contributed by atoms with Gasteiger partial charge in [0.05, 0.1) is 17.4 Å². The number of piperazine rings is 1. The first-order valence-electron chi connectivity index (χ1n) is 9.55. The van der Waals surface area contributed by atoms with Gasteiger partial charge in [-0.1, -0.05) is 18.2 Å². The van der Waals surface area contributed by atoms with Crippen LogP contribution in [0.5, 0.6) is 5.88 Å².